The third-order valence-corrected chi connectivity index (χ3v) is 3.88. The lowest BCUT2D eigenvalue weighted by Crippen LogP contribution is -2.25. The number of fused-ring (bicyclic) bond motifs is 2. The minimum absolute atomic E-state index is 0.154. The number of nitrogens with one attached hydrogen (secondary N) is 1. The Morgan fingerprint density at radius 3 is 2.24 bits per heavy atom. The van der Waals surface area contributed by atoms with Crippen molar-refractivity contribution in [1.29, 1.82) is 0 Å². The highest BCUT2D eigenvalue weighted by Crippen LogP contribution is 2.31. The molecule has 1 aliphatic rings. The minimum Gasteiger partial charge on any atom is -0.456 e. The van der Waals surface area contributed by atoms with Crippen LogP contribution in [0.25, 0.3) is 0 Å². The second kappa shape index (κ2) is 6.68. The predicted molar refractivity (Wildman–Crippen MR) is 89.6 cm³/mol. The first-order valence-corrected chi connectivity index (χ1v) is 7.79. The second-order valence-electron chi connectivity index (χ2n) is 5.49. The van der Waals surface area contributed by atoms with Crippen LogP contribution in [0.3, 0.4) is 0 Å². The number of anilines is 1. The average Bonchev–Trinajstić information content (AvgIpc) is 2.64. The molecule has 25 heavy (non-hydrogen) atoms. The van der Waals surface area contributed by atoms with Gasteiger partial charge in [0, 0.05) is 23.1 Å². The molecule has 2 aromatic rings. The molecule has 126 valence electrons. The molecule has 1 aliphatic carbocycles. The van der Waals surface area contributed by atoms with Crippen molar-refractivity contribution in [2.45, 2.75) is 13.3 Å². The maximum absolute atomic E-state index is 12.8. The summed E-state index contributed by atoms with van der Waals surface area (Å²) in [6.45, 7) is 1.17. The number of hydrogen-bond acceptors (Lipinski definition) is 5. The second-order valence-corrected chi connectivity index (χ2v) is 5.49. The van der Waals surface area contributed by atoms with E-state index in [0.717, 1.165) is 0 Å². The highest BCUT2D eigenvalue weighted by molar-refractivity contribution is 6.30. The Morgan fingerprint density at radius 1 is 0.920 bits per heavy atom. The molecule has 0 aromatic heterocycles. The molecule has 6 heteroatoms. The molecule has 3 rings (SSSR count). The van der Waals surface area contributed by atoms with Gasteiger partial charge in [0.2, 0.25) is 0 Å². The molecular formula is C19H15NO5. The van der Waals surface area contributed by atoms with Crippen molar-refractivity contribution in [1.82, 2.24) is 0 Å². The Hall–Kier alpha value is -3.28. The van der Waals surface area contributed by atoms with Crippen molar-refractivity contribution < 1.29 is 23.9 Å². The Bertz CT molecular complexity index is 900. The fraction of sp³-hybridized carbons (Fsp3) is 0.158. The topological polar surface area (TPSA) is 89.5 Å². The largest absolute Gasteiger partial charge is 0.456 e. The fourth-order valence-electron chi connectivity index (χ4n) is 2.68. The van der Waals surface area contributed by atoms with Gasteiger partial charge in [0.15, 0.2) is 18.2 Å². The van der Waals surface area contributed by atoms with Crippen molar-refractivity contribution in [3.63, 3.8) is 0 Å². The number of hydrogen-bond donors (Lipinski definition) is 1. The Morgan fingerprint density at radius 2 is 1.56 bits per heavy atom. The summed E-state index contributed by atoms with van der Waals surface area (Å²) in [4.78, 5) is 48.5. The number of carbonyl (C=O) groups excluding carboxylic acids is 4. The van der Waals surface area contributed by atoms with Crippen LogP contribution in [0, 0.1) is 0 Å². The third-order valence-electron chi connectivity index (χ3n) is 3.88. The van der Waals surface area contributed by atoms with E-state index in [0.29, 0.717) is 11.1 Å². The van der Waals surface area contributed by atoms with E-state index in [9.17, 15) is 19.2 Å². The van der Waals surface area contributed by atoms with Crippen LogP contribution in [-0.2, 0) is 14.3 Å². The van der Waals surface area contributed by atoms with Crippen LogP contribution in [0.2, 0.25) is 0 Å². The fourth-order valence-corrected chi connectivity index (χ4v) is 2.68. The summed E-state index contributed by atoms with van der Waals surface area (Å²) in [5.74, 6) is -1.66. The molecular weight excluding hydrogens is 322 g/mol. The number of amides is 1. The molecule has 1 amide bonds. The first-order valence-electron chi connectivity index (χ1n) is 7.79. The van der Waals surface area contributed by atoms with Gasteiger partial charge < -0.3 is 10.1 Å². The number of ether oxygens (including phenoxy) is 1. The number of ketones is 2. The maximum atomic E-state index is 12.8. The van der Waals surface area contributed by atoms with Gasteiger partial charge in [-0.05, 0) is 6.07 Å². The predicted octanol–water partition coefficient (Wildman–Crippen LogP) is 2.35. The van der Waals surface area contributed by atoms with Gasteiger partial charge in [-0.3, -0.25) is 19.2 Å². The highest BCUT2D eigenvalue weighted by atomic mass is 16.5. The monoisotopic (exact) mass is 337 g/mol. The Balaban J connectivity index is 1.92. The first-order chi connectivity index (χ1) is 12.0. The van der Waals surface area contributed by atoms with E-state index in [1.165, 1.54) is 6.07 Å². The summed E-state index contributed by atoms with van der Waals surface area (Å²) in [6.07, 6.45) is 0.164. The lowest BCUT2D eigenvalue weighted by molar-refractivity contribution is -0.146. The molecule has 0 aliphatic heterocycles. The summed E-state index contributed by atoms with van der Waals surface area (Å²) in [6, 6.07) is 11.2. The van der Waals surface area contributed by atoms with Crippen molar-refractivity contribution in [3.8, 4) is 0 Å². The molecule has 0 unspecified atom stereocenters. The molecule has 0 bridgehead atoms. The standard InChI is InChI=1S/C19H15NO5/c1-2-16(22)25-10-15(21)20-14-9-5-8-13-17(14)19(24)12-7-4-3-6-11(12)18(13)23/h3-9H,2,10H2,1H3,(H,20,21). The average molecular weight is 337 g/mol. The van der Waals surface area contributed by atoms with Gasteiger partial charge in [0.25, 0.3) is 5.91 Å². The normalized spacial score (nSPS) is 12.2. The van der Waals surface area contributed by atoms with Crippen molar-refractivity contribution in [3.05, 3.63) is 64.7 Å². The van der Waals surface area contributed by atoms with Crippen LogP contribution >= 0.6 is 0 Å². The van der Waals surface area contributed by atoms with Gasteiger partial charge in [-0.1, -0.05) is 43.3 Å². The van der Waals surface area contributed by atoms with Gasteiger partial charge >= 0.3 is 5.97 Å². The Kier molecular flexibility index (Phi) is 4.43. The molecule has 0 radical (unpaired) electrons. The molecule has 2 aromatic carbocycles. The van der Waals surface area contributed by atoms with E-state index in [2.05, 4.69) is 5.32 Å². The summed E-state index contributed by atoms with van der Waals surface area (Å²) in [5.41, 5.74) is 1.27. The van der Waals surface area contributed by atoms with Crippen LogP contribution in [-0.4, -0.2) is 30.0 Å². The van der Waals surface area contributed by atoms with Gasteiger partial charge in [0.05, 0.1) is 11.3 Å². The zero-order valence-corrected chi connectivity index (χ0v) is 13.5. The lowest BCUT2D eigenvalue weighted by atomic mass is 9.83. The molecule has 0 heterocycles. The zero-order chi connectivity index (χ0) is 18.0. The number of rotatable bonds is 4. The quantitative estimate of drug-likeness (QED) is 0.738. The van der Waals surface area contributed by atoms with Gasteiger partial charge in [-0.25, -0.2) is 0 Å². The summed E-state index contributed by atoms with van der Waals surface area (Å²) in [7, 11) is 0. The summed E-state index contributed by atoms with van der Waals surface area (Å²) < 4.78 is 4.77. The smallest absolute Gasteiger partial charge is 0.306 e. The minimum atomic E-state index is -0.575. The number of carbonyl (C=O) groups is 4. The van der Waals surface area contributed by atoms with E-state index in [4.69, 9.17) is 4.74 Å². The lowest BCUT2D eigenvalue weighted by Gasteiger charge is -2.20. The molecule has 0 fully saturated rings. The van der Waals surface area contributed by atoms with Crippen molar-refractivity contribution >= 4 is 29.1 Å². The SMILES string of the molecule is CCC(=O)OCC(=O)Nc1cccc2c1C(=O)c1ccccc1C2=O. The van der Waals surface area contributed by atoms with E-state index >= 15 is 0 Å². The van der Waals surface area contributed by atoms with Crippen molar-refractivity contribution in [2.24, 2.45) is 0 Å². The highest BCUT2D eigenvalue weighted by Gasteiger charge is 2.31. The molecule has 1 N–H and O–H groups in total. The van der Waals surface area contributed by atoms with Gasteiger partial charge in [0.1, 0.15) is 0 Å². The summed E-state index contributed by atoms with van der Waals surface area (Å²) >= 11 is 0. The number of esters is 1. The molecule has 0 saturated heterocycles. The third kappa shape index (κ3) is 3.06. The Labute approximate surface area is 143 Å². The van der Waals surface area contributed by atoms with E-state index in [1.807, 2.05) is 0 Å². The van der Waals surface area contributed by atoms with Crippen LogP contribution in [0.15, 0.2) is 42.5 Å². The molecule has 0 saturated carbocycles. The van der Waals surface area contributed by atoms with E-state index in [1.54, 1.807) is 43.3 Å². The van der Waals surface area contributed by atoms with Gasteiger partial charge in [-0.2, -0.15) is 0 Å². The summed E-state index contributed by atoms with van der Waals surface area (Å²) in [5, 5.41) is 2.54. The number of benzene rings is 2. The zero-order valence-electron chi connectivity index (χ0n) is 13.5. The molecule has 0 spiro atoms. The van der Waals surface area contributed by atoms with E-state index in [-0.39, 0.29) is 34.8 Å². The van der Waals surface area contributed by atoms with Crippen LogP contribution in [0.5, 0.6) is 0 Å². The first kappa shape index (κ1) is 16.6. The van der Waals surface area contributed by atoms with Crippen LogP contribution in [0.4, 0.5) is 5.69 Å². The van der Waals surface area contributed by atoms with Crippen molar-refractivity contribution in [2.75, 3.05) is 11.9 Å². The molecule has 0 atom stereocenters. The van der Waals surface area contributed by atoms with Gasteiger partial charge in [-0.15, -0.1) is 0 Å². The maximum Gasteiger partial charge on any atom is 0.306 e. The van der Waals surface area contributed by atoms with E-state index < -0.39 is 18.5 Å². The van der Waals surface area contributed by atoms with Crippen LogP contribution in [0.1, 0.15) is 45.2 Å². The van der Waals surface area contributed by atoms with Crippen LogP contribution < -0.4 is 5.32 Å². The molecule has 6 nitrogen and oxygen atoms in total.